The molecular formula is C8H14O. The highest BCUT2D eigenvalue weighted by molar-refractivity contribution is 4.95. The molecule has 1 nitrogen and oxygen atoms in total. The van der Waals surface area contributed by atoms with Crippen molar-refractivity contribution in [3.63, 3.8) is 0 Å². The van der Waals surface area contributed by atoms with Gasteiger partial charge in [-0.3, -0.25) is 0 Å². The fraction of sp³-hybridized carbons (Fsp3) is 0.750. The number of hydrogen-bond donors (Lipinski definition) is 0. The van der Waals surface area contributed by atoms with Crippen molar-refractivity contribution in [1.29, 1.82) is 0 Å². The fourth-order valence-corrected chi connectivity index (χ4v) is 0.737. The summed E-state index contributed by atoms with van der Waals surface area (Å²) in [4.78, 5) is 0. The molecule has 9 heavy (non-hydrogen) atoms. The summed E-state index contributed by atoms with van der Waals surface area (Å²) in [5, 5.41) is 0. The van der Waals surface area contributed by atoms with Crippen LogP contribution in [0.1, 0.15) is 26.2 Å². The average molecular weight is 126 g/mol. The van der Waals surface area contributed by atoms with E-state index in [1.807, 2.05) is 0 Å². The Hall–Kier alpha value is -0.300. The van der Waals surface area contributed by atoms with E-state index in [1.165, 1.54) is 19.3 Å². The highest BCUT2D eigenvalue weighted by Gasteiger charge is 2.17. The van der Waals surface area contributed by atoms with Gasteiger partial charge in [-0.25, -0.2) is 0 Å². The summed E-state index contributed by atoms with van der Waals surface area (Å²) in [7, 11) is 0. The SMILES string of the molecule is CCCC/C=C/C1CO1. The molecule has 0 N–H and O–H groups in total. The van der Waals surface area contributed by atoms with E-state index in [0.717, 1.165) is 6.61 Å². The van der Waals surface area contributed by atoms with Gasteiger partial charge in [-0.05, 0) is 6.42 Å². The van der Waals surface area contributed by atoms with Gasteiger partial charge in [-0.1, -0.05) is 31.9 Å². The predicted molar refractivity (Wildman–Crippen MR) is 38.4 cm³/mol. The zero-order valence-corrected chi connectivity index (χ0v) is 5.97. The highest BCUT2D eigenvalue weighted by Crippen LogP contribution is 2.10. The van der Waals surface area contributed by atoms with Gasteiger partial charge in [0.1, 0.15) is 0 Å². The molecule has 1 aliphatic rings. The number of hydrogen-bond acceptors (Lipinski definition) is 1. The first-order valence-corrected chi connectivity index (χ1v) is 3.71. The van der Waals surface area contributed by atoms with Crippen LogP contribution in [-0.4, -0.2) is 12.7 Å². The summed E-state index contributed by atoms with van der Waals surface area (Å²) >= 11 is 0. The van der Waals surface area contributed by atoms with Crippen LogP contribution in [0.3, 0.4) is 0 Å². The van der Waals surface area contributed by atoms with Crippen LogP contribution in [0.25, 0.3) is 0 Å². The Labute approximate surface area is 56.7 Å². The topological polar surface area (TPSA) is 12.5 Å². The first kappa shape index (κ1) is 6.81. The standard InChI is InChI=1S/C8H14O/c1-2-3-4-5-6-8-7-9-8/h5-6,8H,2-4,7H2,1H3/b6-5+. The molecule has 1 rings (SSSR count). The number of epoxide rings is 1. The fourth-order valence-electron chi connectivity index (χ4n) is 0.737. The molecule has 0 aromatic rings. The molecule has 1 heterocycles. The highest BCUT2D eigenvalue weighted by atomic mass is 16.6. The molecule has 52 valence electrons. The maximum absolute atomic E-state index is 5.00. The smallest absolute Gasteiger partial charge is 0.0991 e. The zero-order chi connectivity index (χ0) is 6.53. The minimum Gasteiger partial charge on any atom is -0.369 e. The largest absolute Gasteiger partial charge is 0.369 e. The maximum atomic E-state index is 5.00. The van der Waals surface area contributed by atoms with Crippen LogP contribution < -0.4 is 0 Å². The Balaban J connectivity index is 1.89. The third-order valence-corrected chi connectivity index (χ3v) is 1.43. The van der Waals surface area contributed by atoms with Gasteiger partial charge in [0.15, 0.2) is 0 Å². The molecule has 1 heteroatoms. The van der Waals surface area contributed by atoms with Crippen LogP contribution in [-0.2, 0) is 4.74 Å². The van der Waals surface area contributed by atoms with Crippen LogP contribution in [0.5, 0.6) is 0 Å². The molecule has 1 atom stereocenters. The third kappa shape index (κ3) is 3.31. The van der Waals surface area contributed by atoms with Gasteiger partial charge in [0.2, 0.25) is 0 Å². The Morgan fingerprint density at radius 3 is 3.00 bits per heavy atom. The van der Waals surface area contributed by atoms with Gasteiger partial charge in [-0.15, -0.1) is 0 Å². The second kappa shape index (κ2) is 3.67. The number of unbranched alkanes of at least 4 members (excludes halogenated alkanes) is 2. The second-order valence-corrected chi connectivity index (χ2v) is 2.44. The maximum Gasteiger partial charge on any atom is 0.0991 e. The molecule has 1 fully saturated rings. The van der Waals surface area contributed by atoms with Gasteiger partial charge in [0, 0.05) is 0 Å². The van der Waals surface area contributed by atoms with Gasteiger partial charge in [-0.2, -0.15) is 0 Å². The van der Waals surface area contributed by atoms with Crippen LogP contribution in [0, 0.1) is 0 Å². The lowest BCUT2D eigenvalue weighted by Gasteiger charge is -1.85. The molecule has 0 bridgehead atoms. The Kier molecular flexibility index (Phi) is 2.78. The molecule has 0 aromatic carbocycles. The lowest BCUT2D eigenvalue weighted by Crippen LogP contribution is -1.73. The van der Waals surface area contributed by atoms with Crippen LogP contribution in [0.2, 0.25) is 0 Å². The first-order valence-electron chi connectivity index (χ1n) is 3.71. The van der Waals surface area contributed by atoms with E-state index in [0.29, 0.717) is 6.10 Å². The summed E-state index contributed by atoms with van der Waals surface area (Å²) in [6, 6.07) is 0. The molecule has 0 aliphatic carbocycles. The monoisotopic (exact) mass is 126 g/mol. The van der Waals surface area contributed by atoms with Gasteiger partial charge in [0.05, 0.1) is 12.7 Å². The molecule has 1 aliphatic heterocycles. The van der Waals surface area contributed by atoms with E-state index in [9.17, 15) is 0 Å². The lowest BCUT2D eigenvalue weighted by atomic mass is 10.2. The van der Waals surface area contributed by atoms with E-state index in [-0.39, 0.29) is 0 Å². The van der Waals surface area contributed by atoms with Crippen molar-refractivity contribution >= 4 is 0 Å². The van der Waals surface area contributed by atoms with Gasteiger partial charge >= 0.3 is 0 Å². The first-order chi connectivity index (χ1) is 4.43. The zero-order valence-electron chi connectivity index (χ0n) is 5.97. The second-order valence-electron chi connectivity index (χ2n) is 2.44. The van der Waals surface area contributed by atoms with Crippen molar-refractivity contribution in [2.75, 3.05) is 6.61 Å². The van der Waals surface area contributed by atoms with Crippen molar-refractivity contribution in [2.45, 2.75) is 32.3 Å². The van der Waals surface area contributed by atoms with E-state index < -0.39 is 0 Å². The third-order valence-electron chi connectivity index (χ3n) is 1.43. The molecule has 0 radical (unpaired) electrons. The molecule has 0 spiro atoms. The van der Waals surface area contributed by atoms with Gasteiger partial charge in [0.25, 0.3) is 0 Å². The van der Waals surface area contributed by atoms with E-state index in [1.54, 1.807) is 0 Å². The summed E-state index contributed by atoms with van der Waals surface area (Å²) < 4.78 is 5.00. The van der Waals surface area contributed by atoms with Crippen molar-refractivity contribution in [2.24, 2.45) is 0 Å². The summed E-state index contributed by atoms with van der Waals surface area (Å²) in [5.41, 5.74) is 0. The van der Waals surface area contributed by atoms with Crippen molar-refractivity contribution in [1.82, 2.24) is 0 Å². The van der Waals surface area contributed by atoms with E-state index >= 15 is 0 Å². The minimum atomic E-state index is 0.474. The number of rotatable bonds is 4. The Morgan fingerprint density at radius 1 is 1.67 bits per heavy atom. The average Bonchev–Trinajstić information content (AvgIpc) is 2.63. The Morgan fingerprint density at radius 2 is 2.44 bits per heavy atom. The predicted octanol–water partition coefficient (Wildman–Crippen LogP) is 2.13. The van der Waals surface area contributed by atoms with Gasteiger partial charge < -0.3 is 4.74 Å². The van der Waals surface area contributed by atoms with Crippen molar-refractivity contribution in [3.8, 4) is 0 Å². The van der Waals surface area contributed by atoms with E-state index in [2.05, 4.69) is 19.1 Å². The molecule has 0 aromatic heterocycles. The molecule has 0 saturated carbocycles. The minimum absolute atomic E-state index is 0.474. The lowest BCUT2D eigenvalue weighted by molar-refractivity contribution is 0.439. The van der Waals surface area contributed by atoms with Crippen LogP contribution >= 0.6 is 0 Å². The van der Waals surface area contributed by atoms with Crippen molar-refractivity contribution in [3.05, 3.63) is 12.2 Å². The normalized spacial score (nSPS) is 25.2. The van der Waals surface area contributed by atoms with Crippen molar-refractivity contribution < 1.29 is 4.74 Å². The van der Waals surface area contributed by atoms with E-state index in [4.69, 9.17) is 4.74 Å². The quantitative estimate of drug-likeness (QED) is 0.319. The molecule has 1 unspecified atom stereocenters. The molecular weight excluding hydrogens is 112 g/mol. The Bertz CT molecular complexity index is 92.7. The summed E-state index contributed by atoms with van der Waals surface area (Å²) in [6.07, 6.45) is 8.67. The van der Waals surface area contributed by atoms with Crippen LogP contribution in [0.15, 0.2) is 12.2 Å². The summed E-state index contributed by atoms with van der Waals surface area (Å²) in [5.74, 6) is 0. The summed E-state index contributed by atoms with van der Waals surface area (Å²) in [6.45, 7) is 3.16. The molecule has 1 saturated heterocycles. The van der Waals surface area contributed by atoms with Crippen LogP contribution in [0.4, 0.5) is 0 Å². The number of ether oxygens (including phenoxy) is 1. The number of allylic oxidation sites excluding steroid dienone is 1. The molecule has 0 amide bonds.